The van der Waals surface area contributed by atoms with Crippen molar-refractivity contribution in [3.63, 3.8) is 0 Å². The average molecular weight is 396 g/mol. The van der Waals surface area contributed by atoms with Crippen LogP contribution in [0.25, 0.3) is 6.08 Å². The SMILES string of the molecule is C=CC(C)=COc1cccc(C)c1.C[SiH](C)[Ti][CH]1C=Cc2ccccc21. The molecule has 26 heavy (non-hydrogen) atoms. The molecule has 0 saturated carbocycles. The standard InChI is InChI=1S/C12H14O.C9H7.C2H7Si.Ti/c1-4-10(2)9-13-12-7-5-6-11(3)8-12;1-2-5-9-7-3-6-8(9)4-1;1-3-2;/h4-9H,1H2,2-3H3;1-7H;3H,1-2H3;. The predicted molar refractivity (Wildman–Crippen MR) is 113 cm³/mol. The molecular weight excluding hydrogens is 368 g/mol. The molecule has 3 heteroatoms. The molecule has 134 valence electrons. The van der Waals surface area contributed by atoms with Crippen molar-refractivity contribution in [2.75, 3.05) is 0 Å². The Bertz CT molecular complexity index is 792. The molecule has 0 amide bonds. The van der Waals surface area contributed by atoms with Crippen LogP contribution in [0, 0.1) is 6.92 Å². The van der Waals surface area contributed by atoms with Crippen molar-refractivity contribution in [3.05, 3.63) is 95.8 Å². The fourth-order valence-corrected chi connectivity index (χ4v) is 8.95. The van der Waals surface area contributed by atoms with Gasteiger partial charge in [0.15, 0.2) is 0 Å². The molecule has 2 aromatic rings. The molecule has 0 radical (unpaired) electrons. The minimum absolute atomic E-state index is 0.290. The summed E-state index contributed by atoms with van der Waals surface area (Å²) in [5.41, 5.74) is 5.28. The molecule has 1 aliphatic rings. The number of hydrogen-bond acceptors (Lipinski definition) is 1. The molecule has 1 aliphatic carbocycles. The van der Waals surface area contributed by atoms with Crippen molar-refractivity contribution in [1.29, 1.82) is 0 Å². The van der Waals surface area contributed by atoms with Gasteiger partial charge < -0.3 is 4.74 Å². The third-order valence-corrected chi connectivity index (χ3v) is 10.6. The molecule has 0 aliphatic heterocycles. The zero-order valence-corrected chi connectivity index (χ0v) is 18.9. The van der Waals surface area contributed by atoms with E-state index in [-0.39, 0.29) is 6.66 Å². The second kappa shape index (κ2) is 10.5. The van der Waals surface area contributed by atoms with E-state index >= 15 is 0 Å². The number of allylic oxidation sites excluding steroid dienone is 3. The van der Waals surface area contributed by atoms with Gasteiger partial charge in [-0.25, -0.2) is 0 Å². The van der Waals surface area contributed by atoms with Crippen molar-refractivity contribution in [3.8, 4) is 5.75 Å². The van der Waals surface area contributed by atoms with E-state index in [0.717, 1.165) is 15.5 Å². The summed E-state index contributed by atoms with van der Waals surface area (Å²) >= 11 is 0.290. The molecule has 0 aromatic heterocycles. The Kier molecular flexibility index (Phi) is 8.37. The van der Waals surface area contributed by atoms with E-state index in [4.69, 9.17) is 4.74 Å². The molecule has 0 N–H and O–H groups in total. The number of benzene rings is 2. The molecule has 0 bridgehead atoms. The first-order valence-corrected chi connectivity index (χ1v) is 15.5. The van der Waals surface area contributed by atoms with Gasteiger partial charge in [0.1, 0.15) is 5.75 Å². The van der Waals surface area contributed by atoms with E-state index in [1.54, 1.807) is 17.9 Å². The molecule has 2 aromatic carbocycles. The van der Waals surface area contributed by atoms with Crippen molar-refractivity contribution >= 4 is 12.7 Å². The summed E-state index contributed by atoms with van der Waals surface area (Å²) < 4.78 is 6.26. The molecule has 1 unspecified atom stereocenters. The van der Waals surface area contributed by atoms with E-state index in [1.807, 2.05) is 38.1 Å². The Balaban J connectivity index is 0.000000187. The molecule has 0 saturated heterocycles. The van der Waals surface area contributed by atoms with Gasteiger partial charge in [-0.1, -0.05) is 24.8 Å². The Hall–Kier alpha value is -1.61. The zero-order chi connectivity index (χ0) is 18.9. The molecule has 1 atom stereocenters. The van der Waals surface area contributed by atoms with Crippen molar-refractivity contribution < 1.29 is 23.1 Å². The Morgan fingerprint density at radius 1 is 1.15 bits per heavy atom. The first kappa shape index (κ1) is 20.7. The maximum absolute atomic E-state index is 5.41. The van der Waals surface area contributed by atoms with Gasteiger partial charge in [-0.15, -0.1) is 0 Å². The summed E-state index contributed by atoms with van der Waals surface area (Å²) in [6, 6.07) is 16.8. The van der Waals surface area contributed by atoms with Gasteiger partial charge in [0.2, 0.25) is 0 Å². The fraction of sp³-hybridized carbons (Fsp3) is 0.217. The van der Waals surface area contributed by atoms with Gasteiger partial charge >= 0.3 is 89.9 Å². The summed E-state index contributed by atoms with van der Waals surface area (Å²) in [6.45, 7) is 12.3. The summed E-state index contributed by atoms with van der Waals surface area (Å²) in [4.78, 5) is 0. The number of ether oxygens (including phenoxy) is 1. The zero-order valence-electron chi connectivity index (χ0n) is 16.2. The number of hydrogen-bond donors (Lipinski definition) is 0. The number of rotatable bonds is 5. The van der Waals surface area contributed by atoms with Crippen LogP contribution in [0.4, 0.5) is 0 Å². The van der Waals surface area contributed by atoms with Gasteiger partial charge in [0.25, 0.3) is 0 Å². The van der Waals surface area contributed by atoms with Crippen LogP contribution < -0.4 is 4.74 Å². The Morgan fingerprint density at radius 2 is 1.92 bits per heavy atom. The van der Waals surface area contributed by atoms with Gasteiger partial charge in [-0.05, 0) is 37.1 Å². The first-order chi connectivity index (χ1) is 12.5. The quantitative estimate of drug-likeness (QED) is 0.328. The van der Waals surface area contributed by atoms with E-state index in [2.05, 4.69) is 56.1 Å². The number of fused-ring (bicyclic) bond motifs is 1. The van der Waals surface area contributed by atoms with Crippen molar-refractivity contribution in [2.24, 2.45) is 0 Å². The normalized spacial score (nSPS) is 15.1. The van der Waals surface area contributed by atoms with Gasteiger partial charge in [-0.2, -0.15) is 0 Å². The van der Waals surface area contributed by atoms with Crippen LogP contribution in [-0.2, 0) is 18.4 Å². The molecule has 0 fully saturated rings. The van der Waals surface area contributed by atoms with Crippen LogP contribution >= 0.6 is 0 Å². The van der Waals surface area contributed by atoms with E-state index in [1.165, 1.54) is 11.1 Å². The monoisotopic (exact) mass is 396 g/mol. The maximum atomic E-state index is 5.41. The van der Waals surface area contributed by atoms with Crippen LogP contribution in [0.1, 0.15) is 27.8 Å². The van der Waals surface area contributed by atoms with Crippen LogP contribution in [0.15, 0.2) is 79.1 Å². The number of aryl methyl sites for hydroxylation is 1. The summed E-state index contributed by atoms with van der Waals surface area (Å²) in [6.07, 6.45) is 8.19. The molecule has 0 heterocycles. The van der Waals surface area contributed by atoms with Crippen molar-refractivity contribution in [2.45, 2.75) is 31.2 Å². The van der Waals surface area contributed by atoms with Gasteiger partial charge in [0.05, 0.1) is 6.26 Å². The van der Waals surface area contributed by atoms with Crippen LogP contribution in [-0.4, -0.2) is 6.66 Å². The summed E-state index contributed by atoms with van der Waals surface area (Å²) in [5, 5.41) is 0. The molecule has 3 rings (SSSR count). The van der Waals surface area contributed by atoms with Crippen LogP contribution in [0.5, 0.6) is 5.75 Å². The molecule has 1 nitrogen and oxygen atoms in total. The third-order valence-electron chi connectivity index (χ3n) is 4.00. The van der Waals surface area contributed by atoms with E-state index in [9.17, 15) is 0 Å². The second-order valence-corrected chi connectivity index (χ2v) is 17.4. The minimum atomic E-state index is -0.309. The molecular formula is C23H28OSiTi. The second-order valence-electron chi connectivity index (χ2n) is 6.79. The van der Waals surface area contributed by atoms with Crippen molar-refractivity contribution in [1.82, 2.24) is 0 Å². The average Bonchev–Trinajstić information content (AvgIpc) is 3.03. The molecule has 0 spiro atoms. The summed E-state index contributed by atoms with van der Waals surface area (Å²) in [5.74, 6) is 0.862. The van der Waals surface area contributed by atoms with Gasteiger partial charge in [-0.3, -0.25) is 0 Å². The van der Waals surface area contributed by atoms with E-state index < -0.39 is 0 Å². The van der Waals surface area contributed by atoms with Crippen LogP contribution in [0.3, 0.4) is 0 Å². The van der Waals surface area contributed by atoms with E-state index in [0.29, 0.717) is 18.4 Å². The topological polar surface area (TPSA) is 9.23 Å². The Morgan fingerprint density at radius 3 is 2.62 bits per heavy atom. The summed E-state index contributed by atoms with van der Waals surface area (Å²) in [7, 11) is 0. The van der Waals surface area contributed by atoms with Gasteiger partial charge in [0, 0.05) is 0 Å². The van der Waals surface area contributed by atoms with Crippen LogP contribution in [0.2, 0.25) is 13.1 Å². The fourth-order valence-electron chi connectivity index (χ4n) is 2.65. The Labute approximate surface area is 168 Å². The predicted octanol–water partition coefficient (Wildman–Crippen LogP) is 6.28. The first-order valence-electron chi connectivity index (χ1n) is 9.05. The third kappa shape index (κ3) is 6.60.